The summed E-state index contributed by atoms with van der Waals surface area (Å²) in [5, 5.41) is 7.77. The molecule has 0 saturated heterocycles. The molecule has 0 amide bonds. The van der Waals surface area contributed by atoms with Crippen molar-refractivity contribution in [2.24, 2.45) is 5.10 Å². The summed E-state index contributed by atoms with van der Waals surface area (Å²) in [6.07, 6.45) is 0. The van der Waals surface area contributed by atoms with Crippen molar-refractivity contribution in [1.82, 2.24) is 10.7 Å². The number of nitrogens with zero attached hydrogens (tertiary/aromatic N) is 1. The van der Waals surface area contributed by atoms with Crippen LogP contribution in [-0.4, -0.2) is 17.4 Å². The third-order valence-electron chi connectivity index (χ3n) is 2.20. The summed E-state index contributed by atoms with van der Waals surface area (Å²) in [5.41, 5.74) is 6.09. The van der Waals surface area contributed by atoms with E-state index in [1.807, 2.05) is 32.0 Å². The first kappa shape index (κ1) is 12.6. The maximum Gasteiger partial charge on any atom is 0.186 e. The Balaban J connectivity index is 2.71. The Morgan fingerprint density at radius 3 is 2.69 bits per heavy atom. The van der Waals surface area contributed by atoms with Crippen molar-refractivity contribution >= 4 is 23.0 Å². The van der Waals surface area contributed by atoms with Gasteiger partial charge in [-0.25, -0.2) is 0 Å². The first-order chi connectivity index (χ1) is 7.65. The Morgan fingerprint density at radius 1 is 1.38 bits per heavy atom. The van der Waals surface area contributed by atoms with E-state index in [2.05, 4.69) is 28.8 Å². The van der Waals surface area contributed by atoms with Crippen molar-refractivity contribution in [2.45, 2.75) is 20.8 Å². The first-order valence-electron chi connectivity index (χ1n) is 5.29. The van der Waals surface area contributed by atoms with Crippen LogP contribution in [0.25, 0.3) is 0 Å². The van der Waals surface area contributed by atoms with Crippen molar-refractivity contribution in [3.05, 3.63) is 35.4 Å². The van der Waals surface area contributed by atoms with Crippen LogP contribution in [0.5, 0.6) is 0 Å². The number of hydrogen-bond donors (Lipinski definition) is 2. The summed E-state index contributed by atoms with van der Waals surface area (Å²) in [4.78, 5) is 0. The molecule has 0 saturated carbocycles. The lowest BCUT2D eigenvalue weighted by Gasteiger charge is -2.07. The lowest BCUT2D eigenvalue weighted by Crippen LogP contribution is -2.32. The summed E-state index contributed by atoms with van der Waals surface area (Å²) in [6.45, 7) is 6.82. The van der Waals surface area contributed by atoms with E-state index in [0.717, 1.165) is 17.8 Å². The smallest absolute Gasteiger partial charge is 0.186 e. The second kappa shape index (κ2) is 6.23. The molecule has 0 aromatic heterocycles. The zero-order chi connectivity index (χ0) is 12.0. The maximum absolute atomic E-state index is 5.03. The van der Waals surface area contributed by atoms with Crippen molar-refractivity contribution in [3.63, 3.8) is 0 Å². The molecule has 0 bridgehead atoms. The second-order valence-corrected chi connectivity index (χ2v) is 3.89. The van der Waals surface area contributed by atoms with Gasteiger partial charge >= 0.3 is 0 Å². The van der Waals surface area contributed by atoms with E-state index in [4.69, 9.17) is 12.2 Å². The molecular formula is C12H17N3S. The second-order valence-electron chi connectivity index (χ2n) is 3.48. The molecule has 2 N–H and O–H groups in total. The predicted molar refractivity (Wildman–Crippen MR) is 72.8 cm³/mol. The third-order valence-corrected chi connectivity index (χ3v) is 2.43. The number of thiocarbonyl (C=S) groups is 1. The van der Waals surface area contributed by atoms with Gasteiger partial charge in [0, 0.05) is 12.1 Å². The van der Waals surface area contributed by atoms with Gasteiger partial charge in [-0.2, -0.15) is 5.10 Å². The zero-order valence-electron chi connectivity index (χ0n) is 9.87. The highest BCUT2D eigenvalue weighted by Gasteiger charge is 2.00. The summed E-state index contributed by atoms with van der Waals surface area (Å²) < 4.78 is 0. The van der Waals surface area contributed by atoms with Crippen LogP contribution >= 0.6 is 12.2 Å². The Morgan fingerprint density at radius 2 is 2.06 bits per heavy atom. The highest BCUT2D eigenvalue weighted by Crippen LogP contribution is 2.07. The summed E-state index contributed by atoms with van der Waals surface area (Å²) in [5.74, 6) is 0. The zero-order valence-corrected chi connectivity index (χ0v) is 10.7. The number of rotatable bonds is 3. The van der Waals surface area contributed by atoms with Gasteiger partial charge in [0.15, 0.2) is 5.11 Å². The van der Waals surface area contributed by atoms with Crippen molar-refractivity contribution < 1.29 is 0 Å². The normalized spacial score (nSPS) is 11.1. The summed E-state index contributed by atoms with van der Waals surface area (Å²) in [6, 6.07) is 8.13. The van der Waals surface area contributed by atoms with Gasteiger partial charge in [0.25, 0.3) is 0 Å². The van der Waals surface area contributed by atoms with Crippen molar-refractivity contribution in [2.75, 3.05) is 6.54 Å². The van der Waals surface area contributed by atoms with Gasteiger partial charge in [-0.1, -0.05) is 24.3 Å². The van der Waals surface area contributed by atoms with E-state index in [9.17, 15) is 0 Å². The van der Waals surface area contributed by atoms with Crippen LogP contribution in [0.15, 0.2) is 29.4 Å². The van der Waals surface area contributed by atoms with Crippen molar-refractivity contribution in [3.8, 4) is 0 Å². The fraction of sp³-hybridized carbons (Fsp3) is 0.333. The van der Waals surface area contributed by atoms with Crippen LogP contribution in [0.1, 0.15) is 25.0 Å². The Kier molecular flexibility index (Phi) is 4.92. The van der Waals surface area contributed by atoms with Crippen LogP contribution in [0.2, 0.25) is 0 Å². The standard InChI is InChI=1S/C12H17N3S/c1-4-13-12(16)15-14-10(3)11-8-6-5-7-9(11)2/h5-8H,4H2,1-3H3,(H2,13,15,16)/b14-10-. The first-order valence-corrected chi connectivity index (χ1v) is 5.70. The molecule has 4 heteroatoms. The molecule has 1 aromatic carbocycles. The van der Waals surface area contributed by atoms with Gasteiger partial charge in [-0.05, 0) is 38.6 Å². The minimum Gasteiger partial charge on any atom is -0.362 e. The summed E-state index contributed by atoms with van der Waals surface area (Å²) >= 11 is 5.03. The van der Waals surface area contributed by atoms with Gasteiger partial charge in [0.05, 0.1) is 5.71 Å². The molecule has 1 aromatic rings. The van der Waals surface area contributed by atoms with Gasteiger partial charge in [-0.3, -0.25) is 5.43 Å². The maximum atomic E-state index is 5.03. The number of hydrogen-bond acceptors (Lipinski definition) is 2. The van der Waals surface area contributed by atoms with Gasteiger partial charge in [0.1, 0.15) is 0 Å². The van der Waals surface area contributed by atoms with E-state index in [0.29, 0.717) is 5.11 Å². The SMILES string of the molecule is CCNC(=S)N/N=C(/C)c1ccccc1C. The van der Waals surface area contributed by atoms with E-state index < -0.39 is 0 Å². The van der Waals surface area contributed by atoms with E-state index in [1.165, 1.54) is 5.56 Å². The average Bonchev–Trinajstić information content (AvgIpc) is 2.27. The number of benzene rings is 1. The quantitative estimate of drug-likeness (QED) is 0.479. The molecule has 1 rings (SSSR count). The van der Waals surface area contributed by atoms with Gasteiger partial charge < -0.3 is 5.32 Å². The Hall–Kier alpha value is -1.42. The van der Waals surface area contributed by atoms with Gasteiger partial charge in [0.2, 0.25) is 0 Å². The molecule has 0 unspecified atom stereocenters. The van der Waals surface area contributed by atoms with Crippen LogP contribution in [0.3, 0.4) is 0 Å². The molecule has 0 heterocycles. The Labute approximate surface area is 102 Å². The molecule has 0 spiro atoms. The van der Waals surface area contributed by atoms with E-state index in [-0.39, 0.29) is 0 Å². The molecule has 0 aliphatic carbocycles. The molecule has 0 atom stereocenters. The minimum atomic E-state index is 0.551. The minimum absolute atomic E-state index is 0.551. The highest BCUT2D eigenvalue weighted by molar-refractivity contribution is 7.80. The van der Waals surface area contributed by atoms with Crippen LogP contribution in [0.4, 0.5) is 0 Å². The largest absolute Gasteiger partial charge is 0.362 e. The Bertz CT molecular complexity index is 399. The molecule has 0 fully saturated rings. The average molecular weight is 235 g/mol. The van der Waals surface area contributed by atoms with Gasteiger partial charge in [-0.15, -0.1) is 0 Å². The topological polar surface area (TPSA) is 36.4 Å². The molecule has 0 aliphatic heterocycles. The van der Waals surface area contributed by atoms with Crippen LogP contribution in [-0.2, 0) is 0 Å². The van der Waals surface area contributed by atoms with Crippen LogP contribution < -0.4 is 10.7 Å². The van der Waals surface area contributed by atoms with E-state index in [1.54, 1.807) is 0 Å². The summed E-state index contributed by atoms with van der Waals surface area (Å²) in [7, 11) is 0. The number of hydrazone groups is 1. The monoisotopic (exact) mass is 235 g/mol. The fourth-order valence-electron chi connectivity index (χ4n) is 1.37. The number of nitrogens with one attached hydrogen (secondary N) is 2. The number of aryl methyl sites for hydroxylation is 1. The lowest BCUT2D eigenvalue weighted by molar-refractivity contribution is 0.900. The molecule has 3 nitrogen and oxygen atoms in total. The lowest BCUT2D eigenvalue weighted by atomic mass is 10.1. The molecule has 0 radical (unpaired) electrons. The predicted octanol–water partition coefficient (Wildman–Crippen LogP) is 2.20. The van der Waals surface area contributed by atoms with Crippen molar-refractivity contribution in [1.29, 1.82) is 0 Å². The van der Waals surface area contributed by atoms with Crippen LogP contribution in [0, 0.1) is 6.92 Å². The molecule has 16 heavy (non-hydrogen) atoms. The molecular weight excluding hydrogens is 218 g/mol. The third kappa shape index (κ3) is 3.62. The highest BCUT2D eigenvalue weighted by atomic mass is 32.1. The fourth-order valence-corrected chi connectivity index (χ4v) is 1.56. The van der Waals surface area contributed by atoms with E-state index >= 15 is 0 Å². The molecule has 86 valence electrons. The molecule has 0 aliphatic rings.